The fourth-order valence-corrected chi connectivity index (χ4v) is 2.10. The van der Waals surface area contributed by atoms with Gasteiger partial charge in [-0.1, -0.05) is 36.3 Å². The highest BCUT2D eigenvalue weighted by molar-refractivity contribution is 5.76. The molecule has 130 valence electrons. The van der Waals surface area contributed by atoms with Crippen LogP contribution in [0.25, 0.3) is 11.3 Å². The van der Waals surface area contributed by atoms with Crippen LogP contribution in [0.5, 0.6) is 0 Å². The molecule has 0 saturated carbocycles. The van der Waals surface area contributed by atoms with Crippen LogP contribution in [0.1, 0.15) is 37.3 Å². The molecule has 2 rings (SSSR count). The Kier molecular flexibility index (Phi) is 5.61. The summed E-state index contributed by atoms with van der Waals surface area (Å²) in [6.07, 6.45) is -4.09. The van der Waals surface area contributed by atoms with E-state index in [4.69, 9.17) is 4.74 Å². The summed E-state index contributed by atoms with van der Waals surface area (Å²) in [5.41, 5.74) is 1.22. The van der Waals surface area contributed by atoms with Gasteiger partial charge < -0.3 is 14.6 Å². The highest BCUT2D eigenvalue weighted by Crippen LogP contribution is 2.32. The molecule has 0 fully saturated rings. The van der Waals surface area contributed by atoms with Crippen LogP contribution in [0, 0.1) is 0 Å². The number of methoxy groups -OCH3 is 1. The standard InChI is InChI=1S/C16H17F3N2O3/c1-3-4-14(22)20-15(23-2)11-7-5-10(6-8-11)12-9-13(24-21-12)16(17,18)19/h5-9,15H,3-4H2,1-2H3,(H,20,22). The van der Waals surface area contributed by atoms with Crippen molar-refractivity contribution < 1.29 is 27.2 Å². The number of nitrogens with one attached hydrogen (secondary N) is 1. The third-order valence-corrected chi connectivity index (χ3v) is 3.30. The molecule has 0 radical (unpaired) electrons. The number of carbonyl (C=O) groups excluding carboxylic acids is 1. The second-order valence-corrected chi connectivity index (χ2v) is 5.13. The first-order valence-electron chi connectivity index (χ1n) is 7.31. The Labute approximate surface area is 136 Å². The van der Waals surface area contributed by atoms with Crippen molar-refractivity contribution in [3.05, 3.63) is 41.7 Å². The number of hydrogen-bond donors (Lipinski definition) is 1. The van der Waals surface area contributed by atoms with E-state index in [0.717, 1.165) is 12.5 Å². The molecular weight excluding hydrogens is 325 g/mol. The summed E-state index contributed by atoms with van der Waals surface area (Å²) in [6, 6.07) is 7.32. The summed E-state index contributed by atoms with van der Waals surface area (Å²) >= 11 is 0. The van der Waals surface area contributed by atoms with E-state index >= 15 is 0 Å². The molecule has 1 heterocycles. The Morgan fingerprint density at radius 2 is 2.00 bits per heavy atom. The molecule has 0 spiro atoms. The predicted molar refractivity (Wildman–Crippen MR) is 79.7 cm³/mol. The zero-order valence-electron chi connectivity index (χ0n) is 13.2. The van der Waals surface area contributed by atoms with Gasteiger partial charge in [0.1, 0.15) is 5.69 Å². The second-order valence-electron chi connectivity index (χ2n) is 5.13. The highest BCUT2D eigenvalue weighted by atomic mass is 19.4. The molecule has 1 atom stereocenters. The predicted octanol–water partition coefficient (Wildman–Crippen LogP) is 3.92. The third-order valence-electron chi connectivity index (χ3n) is 3.30. The highest BCUT2D eigenvalue weighted by Gasteiger charge is 2.36. The maximum Gasteiger partial charge on any atom is 0.452 e. The number of carbonyl (C=O) groups is 1. The molecule has 1 aromatic carbocycles. The van der Waals surface area contributed by atoms with Crippen molar-refractivity contribution in [1.82, 2.24) is 10.5 Å². The zero-order chi connectivity index (χ0) is 17.7. The summed E-state index contributed by atoms with van der Waals surface area (Å²) in [6.45, 7) is 1.89. The molecular formula is C16H17F3N2O3. The van der Waals surface area contributed by atoms with Gasteiger partial charge in [-0.3, -0.25) is 4.79 Å². The Morgan fingerprint density at radius 3 is 2.50 bits per heavy atom. The number of nitrogens with zero attached hydrogens (tertiary/aromatic N) is 1. The third kappa shape index (κ3) is 4.35. The summed E-state index contributed by atoms with van der Waals surface area (Å²) in [4.78, 5) is 11.7. The van der Waals surface area contributed by atoms with Crippen LogP contribution < -0.4 is 5.32 Å². The van der Waals surface area contributed by atoms with Crippen molar-refractivity contribution in [3.8, 4) is 11.3 Å². The number of aromatic nitrogens is 1. The minimum Gasteiger partial charge on any atom is -0.357 e. The lowest BCUT2D eigenvalue weighted by Crippen LogP contribution is -2.29. The Balaban J connectivity index is 2.14. The van der Waals surface area contributed by atoms with Crippen LogP contribution in [0.15, 0.2) is 34.9 Å². The average Bonchev–Trinajstić information content (AvgIpc) is 3.03. The lowest BCUT2D eigenvalue weighted by atomic mass is 10.1. The van der Waals surface area contributed by atoms with Gasteiger partial charge >= 0.3 is 6.18 Å². The molecule has 1 aromatic heterocycles. The number of hydrogen-bond acceptors (Lipinski definition) is 4. The number of halogens is 3. The van der Waals surface area contributed by atoms with Crippen molar-refractivity contribution in [3.63, 3.8) is 0 Å². The summed E-state index contributed by atoms with van der Waals surface area (Å²) in [7, 11) is 1.46. The zero-order valence-corrected chi connectivity index (χ0v) is 13.2. The molecule has 24 heavy (non-hydrogen) atoms. The van der Waals surface area contributed by atoms with Crippen LogP contribution in [0.2, 0.25) is 0 Å². The first kappa shape index (κ1) is 18.0. The lowest BCUT2D eigenvalue weighted by Gasteiger charge is -2.17. The number of rotatable bonds is 6. The largest absolute Gasteiger partial charge is 0.452 e. The summed E-state index contributed by atoms with van der Waals surface area (Å²) in [5.74, 6) is -1.29. The van der Waals surface area contributed by atoms with Crippen LogP contribution >= 0.6 is 0 Å². The van der Waals surface area contributed by atoms with E-state index in [0.29, 0.717) is 17.5 Å². The molecule has 0 aliphatic carbocycles. The maximum atomic E-state index is 12.5. The van der Waals surface area contributed by atoms with Gasteiger partial charge in [0, 0.05) is 30.7 Å². The molecule has 8 heteroatoms. The van der Waals surface area contributed by atoms with Gasteiger partial charge in [0.25, 0.3) is 0 Å². The molecule has 2 aromatic rings. The van der Waals surface area contributed by atoms with Crippen LogP contribution in [0.3, 0.4) is 0 Å². The molecule has 5 nitrogen and oxygen atoms in total. The van der Waals surface area contributed by atoms with E-state index in [-0.39, 0.29) is 11.6 Å². The van der Waals surface area contributed by atoms with Gasteiger partial charge in [0.15, 0.2) is 6.23 Å². The minimum absolute atomic E-state index is 0.0814. The van der Waals surface area contributed by atoms with Gasteiger partial charge in [-0.25, -0.2) is 0 Å². The smallest absolute Gasteiger partial charge is 0.357 e. The number of alkyl halides is 3. The molecule has 1 unspecified atom stereocenters. The Bertz CT molecular complexity index is 681. The monoisotopic (exact) mass is 342 g/mol. The van der Waals surface area contributed by atoms with Crippen LogP contribution in [-0.2, 0) is 15.7 Å². The molecule has 1 amide bonds. The van der Waals surface area contributed by atoms with E-state index in [2.05, 4.69) is 15.0 Å². The van der Waals surface area contributed by atoms with E-state index in [9.17, 15) is 18.0 Å². The van der Waals surface area contributed by atoms with E-state index in [1.165, 1.54) is 7.11 Å². The first-order valence-corrected chi connectivity index (χ1v) is 7.31. The fraction of sp³-hybridized carbons (Fsp3) is 0.375. The molecule has 0 saturated heterocycles. The second kappa shape index (κ2) is 7.48. The van der Waals surface area contributed by atoms with E-state index in [1.807, 2.05) is 6.92 Å². The van der Waals surface area contributed by atoms with E-state index < -0.39 is 18.2 Å². The first-order chi connectivity index (χ1) is 11.3. The normalized spacial score (nSPS) is 12.9. The van der Waals surface area contributed by atoms with E-state index in [1.54, 1.807) is 24.3 Å². The summed E-state index contributed by atoms with van der Waals surface area (Å²) < 4.78 is 47.1. The van der Waals surface area contributed by atoms with Crippen LogP contribution in [-0.4, -0.2) is 18.2 Å². The van der Waals surface area contributed by atoms with Crippen molar-refractivity contribution in [2.45, 2.75) is 32.2 Å². The van der Waals surface area contributed by atoms with Gasteiger partial charge in [-0.15, -0.1) is 0 Å². The quantitative estimate of drug-likeness (QED) is 0.808. The number of benzene rings is 1. The minimum atomic E-state index is -4.57. The van der Waals surface area contributed by atoms with Gasteiger partial charge in [-0.05, 0) is 6.42 Å². The number of amides is 1. The molecule has 0 aliphatic rings. The van der Waals surface area contributed by atoms with Gasteiger partial charge in [-0.2, -0.15) is 13.2 Å². The van der Waals surface area contributed by atoms with Crippen molar-refractivity contribution in [2.24, 2.45) is 0 Å². The van der Waals surface area contributed by atoms with Crippen molar-refractivity contribution in [1.29, 1.82) is 0 Å². The lowest BCUT2D eigenvalue weighted by molar-refractivity contribution is -0.155. The summed E-state index contributed by atoms with van der Waals surface area (Å²) in [5, 5.41) is 6.15. The topological polar surface area (TPSA) is 64.4 Å². The fourth-order valence-electron chi connectivity index (χ4n) is 2.10. The molecule has 1 N–H and O–H groups in total. The number of ether oxygens (including phenoxy) is 1. The Hall–Kier alpha value is -2.35. The van der Waals surface area contributed by atoms with Gasteiger partial charge in [0.2, 0.25) is 11.7 Å². The van der Waals surface area contributed by atoms with Gasteiger partial charge in [0.05, 0.1) is 0 Å². The van der Waals surface area contributed by atoms with Crippen LogP contribution in [0.4, 0.5) is 13.2 Å². The average molecular weight is 342 g/mol. The molecule has 0 bridgehead atoms. The Morgan fingerprint density at radius 1 is 1.33 bits per heavy atom. The maximum absolute atomic E-state index is 12.5. The van der Waals surface area contributed by atoms with Crippen molar-refractivity contribution in [2.75, 3.05) is 7.11 Å². The molecule has 0 aliphatic heterocycles. The SMILES string of the molecule is CCCC(=O)NC(OC)c1ccc(-c2cc(C(F)(F)F)on2)cc1. The van der Waals surface area contributed by atoms with Crippen molar-refractivity contribution >= 4 is 5.91 Å².